The second-order valence-corrected chi connectivity index (χ2v) is 5.67. The van der Waals surface area contributed by atoms with Gasteiger partial charge in [0.1, 0.15) is 0 Å². The van der Waals surface area contributed by atoms with E-state index in [1.165, 1.54) is 0 Å². The molecule has 1 unspecified atom stereocenters. The number of benzene rings is 1. The largest absolute Gasteiger partial charge is 0.389 e. The van der Waals surface area contributed by atoms with E-state index in [1.807, 2.05) is 30.3 Å². The highest BCUT2D eigenvalue weighted by Gasteiger charge is 2.09. The number of aromatic nitrogens is 1. The number of hydrogen-bond acceptors (Lipinski definition) is 3. The van der Waals surface area contributed by atoms with E-state index in [9.17, 15) is 5.11 Å². The molecule has 0 radical (unpaired) electrons. The van der Waals surface area contributed by atoms with Crippen molar-refractivity contribution in [3.8, 4) is 0 Å². The number of aliphatic hydroxyl groups excluding tert-OH is 1. The lowest BCUT2D eigenvalue weighted by atomic mass is 10.1. The quantitative estimate of drug-likeness (QED) is 0.928. The SMILES string of the molecule is CC(O)c1ccc(Br)cc1Sc1ccncc1. The van der Waals surface area contributed by atoms with E-state index in [1.54, 1.807) is 31.1 Å². The number of pyridine rings is 1. The first-order valence-corrected chi connectivity index (χ1v) is 6.83. The van der Waals surface area contributed by atoms with Crippen molar-refractivity contribution in [1.82, 2.24) is 4.98 Å². The van der Waals surface area contributed by atoms with Gasteiger partial charge in [-0.3, -0.25) is 4.98 Å². The van der Waals surface area contributed by atoms with Gasteiger partial charge < -0.3 is 5.11 Å². The van der Waals surface area contributed by atoms with E-state index < -0.39 is 6.10 Å². The summed E-state index contributed by atoms with van der Waals surface area (Å²) in [6, 6.07) is 9.82. The van der Waals surface area contributed by atoms with Gasteiger partial charge in [-0.2, -0.15) is 0 Å². The number of aliphatic hydroxyl groups is 1. The Morgan fingerprint density at radius 3 is 2.59 bits per heavy atom. The average Bonchev–Trinajstić information content (AvgIpc) is 2.30. The normalized spacial score (nSPS) is 12.4. The number of nitrogens with zero attached hydrogens (tertiary/aromatic N) is 1. The summed E-state index contributed by atoms with van der Waals surface area (Å²) in [5.41, 5.74) is 0.940. The van der Waals surface area contributed by atoms with Crippen molar-refractivity contribution < 1.29 is 5.11 Å². The first-order chi connectivity index (χ1) is 8.16. The Labute approximate surface area is 113 Å². The average molecular weight is 310 g/mol. The lowest BCUT2D eigenvalue weighted by Crippen LogP contribution is -1.93. The van der Waals surface area contributed by atoms with Crippen LogP contribution < -0.4 is 0 Å². The summed E-state index contributed by atoms with van der Waals surface area (Å²) in [4.78, 5) is 6.16. The molecule has 2 rings (SSSR count). The maximum Gasteiger partial charge on any atom is 0.0772 e. The summed E-state index contributed by atoms with van der Waals surface area (Å²) >= 11 is 5.08. The summed E-state index contributed by atoms with van der Waals surface area (Å²) in [7, 11) is 0. The molecule has 17 heavy (non-hydrogen) atoms. The van der Waals surface area contributed by atoms with Crippen LogP contribution in [0.5, 0.6) is 0 Å². The smallest absolute Gasteiger partial charge is 0.0772 e. The molecule has 4 heteroatoms. The first-order valence-electron chi connectivity index (χ1n) is 5.22. The number of rotatable bonds is 3. The standard InChI is InChI=1S/C13H12BrNOS/c1-9(16)12-3-2-10(14)8-13(12)17-11-4-6-15-7-5-11/h2-9,16H,1H3. The third-order valence-electron chi connectivity index (χ3n) is 2.30. The molecule has 0 aliphatic heterocycles. The molecule has 1 heterocycles. The lowest BCUT2D eigenvalue weighted by Gasteiger charge is -2.12. The topological polar surface area (TPSA) is 33.1 Å². The molecule has 2 aromatic rings. The molecule has 1 N–H and O–H groups in total. The minimum atomic E-state index is -0.465. The van der Waals surface area contributed by atoms with Crippen LogP contribution in [0.3, 0.4) is 0 Å². The van der Waals surface area contributed by atoms with Crippen LogP contribution in [0, 0.1) is 0 Å². The Morgan fingerprint density at radius 2 is 1.94 bits per heavy atom. The molecule has 0 spiro atoms. The van der Waals surface area contributed by atoms with Crippen LogP contribution in [-0.4, -0.2) is 10.1 Å². The van der Waals surface area contributed by atoms with Gasteiger partial charge in [0.05, 0.1) is 6.10 Å². The van der Waals surface area contributed by atoms with Gasteiger partial charge in [-0.05, 0) is 36.8 Å². The van der Waals surface area contributed by atoms with Crippen LogP contribution in [0.15, 0.2) is 57.0 Å². The van der Waals surface area contributed by atoms with E-state index >= 15 is 0 Å². The monoisotopic (exact) mass is 309 g/mol. The maximum absolute atomic E-state index is 9.73. The van der Waals surface area contributed by atoms with Gasteiger partial charge in [-0.1, -0.05) is 33.8 Å². The van der Waals surface area contributed by atoms with Crippen LogP contribution in [0.4, 0.5) is 0 Å². The number of hydrogen-bond donors (Lipinski definition) is 1. The Kier molecular flexibility index (Phi) is 4.20. The van der Waals surface area contributed by atoms with E-state index in [2.05, 4.69) is 20.9 Å². The summed E-state index contributed by atoms with van der Waals surface area (Å²) in [6.45, 7) is 1.78. The molecule has 0 saturated carbocycles. The molecule has 0 aliphatic carbocycles. The van der Waals surface area contributed by atoms with Gasteiger partial charge in [0.25, 0.3) is 0 Å². The zero-order valence-corrected chi connectivity index (χ0v) is 11.7. The molecule has 1 aromatic heterocycles. The predicted molar refractivity (Wildman–Crippen MR) is 73.1 cm³/mol. The molecule has 0 bridgehead atoms. The van der Waals surface area contributed by atoms with Crippen LogP contribution >= 0.6 is 27.7 Å². The summed E-state index contributed by atoms with van der Waals surface area (Å²) < 4.78 is 1.01. The van der Waals surface area contributed by atoms with Gasteiger partial charge in [0.15, 0.2) is 0 Å². The summed E-state index contributed by atoms with van der Waals surface area (Å²) in [5, 5.41) is 9.73. The van der Waals surface area contributed by atoms with Crippen molar-refractivity contribution >= 4 is 27.7 Å². The third-order valence-corrected chi connectivity index (χ3v) is 3.88. The van der Waals surface area contributed by atoms with Crippen molar-refractivity contribution in [1.29, 1.82) is 0 Å². The van der Waals surface area contributed by atoms with Crippen molar-refractivity contribution in [3.63, 3.8) is 0 Å². The minimum absolute atomic E-state index is 0.465. The molecule has 88 valence electrons. The predicted octanol–water partition coefficient (Wildman–Crippen LogP) is 4.05. The van der Waals surface area contributed by atoms with Crippen molar-refractivity contribution in [2.24, 2.45) is 0 Å². The zero-order chi connectivity index (χ0) is 12.3. The van der Waals surface area contributed by atoms with E-state index in [0.717, 1.165) is 19.8 Å². The van der Waals surface area contributed by atoms with Gasteiger partial charge in [0, 0.05) is 26.7 Å². The Balaban J connectivity index is 2.34. The van der Waals surface area contributed by atoms with Crippen LogP contribution in [0.1, 0.15) is 18.6 Å². The van der Waals surface area contributed by atoms with E-state index in [-0.39, 0.29) is 0 Å². The molecule has 1 atom stereocenters. The summed E-state index contributed by atoms with van der Waals surface area (Å²) in [6.07, 6.45) is 3.07. The van der Waals surface area contributed by atoms with Crippen molar-refractivity contribution in [2.75, 3.05) is 0 Å². The Morgan fingerprint density at radius 1 is 1.24 bits per heavy atom. The fourth-order valence-electron chi connectivity index (χ4n) is 1.47. The van der Waals surface area contributed by atoms with Gasteiger partial charge in [0.2, 0.25) is 0 Å². The zero-order valence-electron chi connectivity index (χ0n) is 9.30. The molecular formula is C13H12BrNOS. The first kappa shape index (κ1) is 12.6. The van der Waals surface area contributed by atoms with E-state index in [4.69, 9.17) is 0 Å². The Bertz CT molecular complexity index is 502. The van der Waals surface area contributed by atoms with Crippen LogP contribution in [0.2, 0.25) is 0 Å². The third kappa shape index (κ3) is 3.31. The second kappa shape index (κ2) is 5.67. The summed E-state index contributed by atoms with van der Waals surface area (Å²) in [5.74, 6) is 0. The van der Waals surface area contributed by atoms with Crippen LogP contribution in [0.25, 0.3) is 0 Å². The molecule has 0 amide bonds. The maximum atomic E-state index is 9.73. The Hall–Kier alpha value is -0.840. The van der Waals surface area contributed by atoms with Gasteiger partial charge in [-0.25, -0.2) is 0 Å². The van der Waals surface area contributed by atoms with Crippen LogP contribution in [-0.2, 0) is 0 Å². The van der Waals surface area contributed by atoms with E-state index in [0.29, 0.717) is 0 Å². The second-order valence-electron chi connectivity index (χ2n) is 3.64. The van der Waals surface area contributed by atoms with Gasteiger partial charge >= 0.3 is 0 Å². The highest BCUT2D eigenvalue weighted by molar-refractivity contribution is 9.10. The molecular weight excluding hydrogens is 298 g/mol. The fraction of sp³-hybridized carbons (Fsp3) is 0.154. The molecule has 2 nitrogen and oxygen atoms in total. The molecule has 0 saturated heterocycles. The minimum Gasteiger partial charge on any atom is -0.389 e. The lowest BCUT2D eigenvalue weighted by molar-refractivity contribution is 0.196. The highest BCUT2D eigenvalue weighted by Crippen LogP contribution is 2.34. The van der Waals surface area contributed by atoms with Crippen molar-refractivity contribution in [3.05, 3.63) is 52.8 Å². The molecule has 0 aliphatic rings. The van der Waals surface area contributed by atoms with Gasteiger partial charge in [-0.15, -0.1) is 0 Å². The fourth-order valence-corrected chi connectivity index (χ4v) is 3.04. The molecule has 0 fully saturated rings. The van der Waals surface area contributed by atoms with Crippen molar-refractivity contribution in [2.45, 2.75) is 22.8 Å². The highest BCUT2D eigenvalue weighted by atomic mass is 79.9. The number of halogens is 1. The molecule has 1 aromatic carbocycles.